The number of nitrogens with one attached hydrogen (secondary N) is 2. The van der Waals surface area contributed by atoms with Crippen LogP contribution in [0.5, 0.6) is 0 Å². The molecule has 2 aliphatic carbocycles. The standard InChI is InChI=1S/C29H28ClF2N5O3S/c30-17-12-21-20(6-10-25(21)38)26(13-17)41(39,40)37-24-9-7-22(31)27(28(24)32)15-1-8-23-16(11-15)14-34-29(36-23)35-19-4-2-18(33)3-5-19/h1,7-9,11-14,18-19,25,37-38H,2-6,10,33H2,(H,34,35,36)/t18?,19?,25-/m1/s1. The van der Waals surface area contributed by atoms with Crippen LogP contribution in [0.25, 0.3) is 22.0 Å². The van der Waals surface area contributed by atoms with Crippen LogP contribution in [0, 0.1) is 11.6 Å². The number of aliphatic hydroxyl groups is 1. The third kappa shape index (κ3) is 5.46. The van der Waals surface area contributed by atoms with Crippen molar-refractivity contribution in [2.24, 2.45) is 5.73 Å². The van der Waals surface area contributed by atoms with E-state index in [1.807, 2.05) is 0 Å². The summed E-state index contributed by atoms with van der Waals surface area (Å²) in [6, 6.07) is 10.0. The molecule has 6 rings (SSSR count). The highest BCUT2D eigenvalue weighted by Gasteiger charge is 2.30. The molecule has 5 N–H and O–H groups in total. The monoisotopic (exact) mass is 599 g/mol. The molecule has 1 saturated carbocycles. The van der Waals surface area contributed by atoms with E-state index in [1.165, 1.54) is 18.2 Å². The fourth-order valence-corrected chi connectivity index (χ4v) is 7.35. The summed E-state index contributed by atoms with van der Waals surface area (Å²) in [6.45, 7) is 0. The lowest BCUT2D eigenvalue weighted by Gasteiger charge is -2.26. The van der Waals surface area contributed by atoms with Gasteiger partial charge in [0.15, 0.2) is 5.82 Å². The molecule has 0 amide bonds. The van der Waals surface area contributed by atoms with Gasteiger partial charge in [-0.3, -0.25) is 4.72 Å². The molecule has 1 heterocycles. The van der Waals surface area contributed by atoms with E-state index in [0.29, 0.717) is 40.8 Å². The Labute approximate surface area is 241 Å². The number of benzene rings is 3. The molecule has 3 aromatic carbocycles. The summed E-state index contributed by atoms with van der Waals surface area (Å²) in [7, 11) is -4.32. The van der Waals surface area contributed by atoms with Gasteiger partial charge in [0, 0.05) is 28.7 Å². The first-order chi connectivity index (χ1) is 19.6. The van der Waals surface area contributed by atoms with Gasteiger partial charge in [-0.15, -0.1) is 0 Å². The zero-order valence-electron chi connectivity index (χ0n) is 21.9. The van der Waals surface area contributed by atoms with Crippen LogP contribution in [-0.2, 0) is 16.4 Å². The lowest BCUT2D eigenvalue weighted by atomic mass is 9.92. The van der Waals surface area contributed by atoms with Crippen molar-refractivity contribution in [3.63, 3.8) is 0 Å². The Morgan fingerprint density at radius 2 is 1.80 bits per heavy atom. The number of nitrogens with two attached hydrogens (primary N) is 1. The summed E-state index contributed by atoms with van der Waals surface area (Å²) < 4.78 is 59.6. The van der Waals surface area contributed by atoms with E-state index in [4.69, 9.17) is 17.3 Å². The van der Waals surface area contributed by atoms with Crippen LogP contribution in [0.4, 0.5) is 20.4 Å². The maximum atomic E-state index is 15.7. The Morgan fingerprint density at radius 3 is 2.59 bits per heavy atom. The van der Waals surface area contributed by atoms with Gasteiger partial charge in [-0.2, -0.15) is 0 Å². The second-order valence-electron chi connectivity index (χ2n) is 10.6. The number of sulfonamides is 1. The van der Waals surface area contributed by atoms with Gasteiger partial charge in [0.2, 0.25) is 5.95 Å². The van der Waals surface area contributed by atoms with Gasteiger partial charge in [0.05, 0.1) is 27.8 Å². The third-order valence-corrected chi connectivity index (χ3v) is 9.48. The Hall–Kier alpha value is -3.38. The second kappa shape index (κ2) is 10.8. The molecule has 0 aliphatic heterocycles. The lowest BCUT2D eigenvalue weighted by Crippen LogP contribution is -2.33. The quantitative estimate of drug-likeness (QED) is 0.224. The third-order valence-electron chi connectivity index (χ3n) is 7.83. The molecule has 12 heteroatoms. The van der Waals surface area contributed by atoms with E-state index in [1.54, 1.807) is 18.3 Å². The van der Waals surface area contributed by atoms with E-state index in [2.05, 4.69) is 20.0 Å². The van der Waals surface area contributed by atoms with Gasteiger partial charge in [-0.05, 0) is 91.6 Å². The average Bonchev–Trinajstić information content (AvgIpc) is 3.31. The number of rotatable bonds is 6. The first kappa shape index (κ1) is 27.8. The first-order valence-corrected chi connectivity index (χ1v) is 15.3. The molecule has 1 atom stereocenters. The van der Waals surface area contributed by atoms with Crippen LogP contribution in [0.2, 0.25) is 5.02 Å². The molecule has 8 nitrogen and oxygen atoms in total. The van der Waals surface area contributed by atoms with E-state index in [0.717, 1.165) is 37.8 Å². The maximum Gasteiger partial charge on any atom is 0.262 e. The molecule has 4 aromatic rings. The van der Waals surface area contributed by atoms with Crippen LogP contribution in [0.1, 0.15) is 49.3 Å². The first-order valence-electron chi connectivity index (χ1n) is 13.4. The summed E-state index contributed by atoms with van der Waals surface area (Å²) in [5, 5.41) is 14.2. The van der Waals surface area contributed by atoms with Gasteiger partial charge >= 0.3 is 0 Å². The van der Waals surface area contributed by atoms with Gasteiger partial charge in [0.1, 0.15) is 5.82 Å². The highest BCUT2D eigenvalue weighted by Crippen LogP contribution is 2.39. The van der Waals surface area contributed by atoms with Gasteiger partial charge in [-0.1, -0.05) is 17.7 Å². The van der Waals surface area contributed by atoms with Crippen molar-refractivity contribution in [3.05, 3.63) is 76.4 Å². The van der Waals surface area contributed by atoms with Gasteiger partial charge < -0.3 is 16.2 Å². The van der Waals surface area contributed by atoms with Crippen LogP contribution in [0.15, 0.2) is 53.6 Å². The number of fused-ring (bicyclic) bond motifs is 2. The van der Waals surface area contributed by atoms with Crippen LogP contribution in [-0.4, -0.2) is 35.6 Å². The summed E-state index contributed by atoms with van der Waals surface area (Å²) in [5.41, 5.74) is 6.82. The fourth-order valence-electron chi connectivity index (χ4n) is 5.67. The topological polar surface area (TPSA) is 130 Å². The van der Waals surface area contributed by atoms with Crippen molar-refractivity contribution in [1.29, 1.82) is 0 Å². The zero-order chi connectivity index (χ0) is 28.9. The Morgan fingerprint density at radius 1 is 1.02 bits per heavy atom. The molecular formula is C29H28ClF2N5O3S. The van der Waals surface area contributed by atoms with Gasteiger partial charge in [-0.25, -0.2) is 27.2 Å². The lowest BCUT2D eigenvalue weighted by molar-refractivity contribution is 0.180. The van der Waals surface area contributed by atoms with Crippen LogP contribution in [0.3, 0.4) is 0 Å². The predicted octanol–water partition coefficient (Wildman–Crippen LogP) is 5.69. The summed E-state index contributed by atoms with van der Waals surface area (Å²) in [6.07, 6.45) is 5.17. The van der Waals surface area contributed by atoms with Crippen molar-refractivity contribution in [3.8, 4) is 11.1 Å². The zero-order valence-corrected chi connectivity index (χ0v) is 23.4. The maximum absolute atomic E-state index is 15.7. The molecule has 0 saturated heterocycles. The Balaban J connectivity index is 1.29. The number of hydrogen-bond donors (Lipinski definition) is 4. The van der Waals surface area contributed by atoms with Crippen molar-refractivity contribution in [2.75, 3.05) is 10.0 Å². The van der Waals surface area contributed by atoms with E-state index < -0.39 is 33.4 Å². The minimum absolute atomic E-state index is 0.130. The van der Waals surface area contributed by atoms with Gasteiger partial charge in [0.25, 0.3) is 10.0 Å². The molecule has 0 unspecified atom stereocenters. The number of hydrogen-bond acceptors (Lipinski definition) is 7. The van der Waals surface area contributed by atoms with Crippen molar-refractivity contribution in [2.45, 2.75) is 61.6 Å². The SMILES string of the molecule is NC1CCC(Nc2ncc3cc(-c4c(F)ccc(NS(=O)(=O)c5cc(Cl)cc6c5CC[C@H]6O)c4F)ccc3n2)CC1. The van der Waals surface area contributed by atoms with Crippen LogP contribution >= 0.6 is 11.6 Å². The highest BCUT2D eigenvalue weighted by atomic mass is 35.5. The number of nitrogens with zero attached hydrogens (tertiary/aromatic N) is 2. The van der Waals surface area contributed by atoms with Crippen molar-refractivity contribution < 1.29 is 22.3 Å². The number of anilines is 2. The average molecular weight is 600 g/mol. The fraction of sp³-hybridized carbons (Fsp3) is 0.310. The molecule has 41 heavy (non-hydrogen) atoms. The molecule has 2 aliphatic rings. The minimum Gasteiger partial charge on any atom is -0.388 e. The smallest absolute Gasteiger partial charge is 0.262 e. The molecule has 1 aromatic heterocycles. The summed E-state index contributed by atoms with van der Waals surface area (Å²) >= 11 is 6.13. The molecule has 214 valence electrons. The number of aromatic nitrogens is 2. The Bertz CT molecular complexity index is 1760. The number of aliphatic hydroxyl groups excluding tert-OH is 1. The van der Waals surface area contributed by atoms with E-state index in [-0.39, 0.29) is 33.1 Å². The summed E-state index contributed by atoms with van der Waals surface area (Å²) in [4.78, 5) is 8.78. The summed E-state index contributed by atoms with van der Waals surface area (Å²) in [5.74, 6) is -1.45. The molecule has 0 spiro atoms. The van der Waals surface area contributed by atoms with Crippen molar-refractivity contribution >= 4 is 44.2 Å². The van der Waals surface area contributed by atoms with E-state index in [9.17, 15) is 17.9 Å². The highest BCUT2D eigenvalue weighted by molar-refractivity contribution is 7.92. The van der Waals surface area contributed by atoms with E-state index >= 15 is 4.39 Å². The molecule has 0 bridgehead atoms. The predicted molar refractivity (Wildman–Crippen MR) is 154 cm³/mol. The largest absolute Gasteiger partial charge is 0.388 e. The second-order valence-corrected chi connectivity index (χ2v) is 12.7. The molecule has 1 fully saturated rings. The Kier molecular flexibility index (Phi) is 7.31. The normalized spacial score (nSPS) is 20.7. The molecular weight excluding hydrogens is 572 g/mol. The van der Waals surface area contributed by atoms with Crippen molar-refractivity contribution in [1.82, 2.24) is 9.97 Å². The van der Waals surface area contributed by atoms with Crippen LogP contribution < -0.4 is 15.8 Å². The number of halogens is 3. The minimum atomic E-state index is -4.32. The molecule has 0 radical (unpaired) electrons.